The maximum atomic E-state index is 12.2. The van der Waals surface area contributed by atoms with Crippen LogP contribution in [0.5, 0.6) is 0 Å². The van der Waals surface area contributed by atoms with E-state index in [0.717, 1.165) is 31.5 Å². The molecule has 2 saturated heterocycles. The molecular formula is C14H16ClNO2. The number of carbonyl (C=O) groups is 1. The summed E-state index contributed by atoms with van der Waals surface area (Å²) >= 11 is 5.93. The Bertz CT molecular complexity index is 451. The number of rotatable bonds is 2. The number of likely N-dealkylation sites (tertiary alicyclic amines) is 1. The van der Waals surface area contributed by atoms with Crippen molar-refractivity contribution >= 4 is 17.5 Å². The molecule has 96 valence electrons. The number of hydrogen-bond acceptors (Lipinski definition) is 2. The first-order valence-corrected chi connectivity index (χ1v) is 6.76. The third-order valence-electron chi connectivity index (χ3n) is 3.64. The molecule has 0 N–H and O–H groups in total. The summed E-state index contributed by atoms with van der Waals surface area (Å²) in [5.41, 5.74) is 0.978. The van der Waals surface area contributed by atoms with Crippen LogP contribution in [0.3, 0.4) is 0 Å². The number of benzene rings is 1. The van der Waals surface area contributed by atoms with Crippen LogP contribution in [0, 0.1) is 0 Å². The topological polar surface area (TPSA) is 29.5 Å². The van der Waals surface area contributed by atoms with Crippen LogP contribution in [0.25, 0.3) is 0 Å². The number of carbonyl (C=O) groups excluding carboxylic acids is 1. The van der Waals surface area contributed by atoms with Gasteiger partial charge in [-0.25, -0.2) is 0 Å². The smallest absolute Gasteiger partial charge is 0.227 e. The highest BCUT2D eigenvalue weighted by Crippen LogP contribution is 2.26. The summed E-state index contributed by atoms with van der Waals surface area (Å²) in [6, 6.07) is 7.51. The number of nitrogens with zero attached hydrogens (tertiary/aromatic N) is 1. The largest absolute Gasteiger partial charge is 0.371 e. The molecule has 3 rings (SSSR count). The second-order valence-electron chi connectivity index (χ2n) is 5.06. The molecule has 2 aliphatic heterocycles. The van der Waals surface area contributed by atoms with Gasteiger partial charge in [0, 0.05) is 18.1 Å². The van der Waals surface area contributed by atoms with Gasteiger partial charge in [0.15, 0.2) is 0 Å². The molecule has 0 spiro atoms. The lowest BCUT2D eigenvalue weighted by molar-refractivity contribution is -0.139. The van der Waals surface area contributed by atoms with Crippen LogP contribution < -0.4 is 0 Å². The fraction of sp³-hybridized carbons (Fsp3) is 0.500. The molecule has 0 saturated carbocycles. The molecule has 18 heavy (non-hydrogen) atoms. The van der Waals surface area contributed by atoms with Crippen LogP contribution in [0.1, 0.15) is 18.4 Å². The Balaban J connectivity index is 1.65. The van der Waals surface area contributed by atoms with Crippen molar-refractivity contribution in [3.05, 3.63) is 34.9 Å². The van der Waals surface area contributed by atoms with Gasteiger partial charge in [-0.2, -0.15) is 0 Å². The van der Waals surface area contributed by atoms with Crippen molar-refractivity contribution in [3.63, 3.8) is 0 Å². The molecule has 1 aromatic carbocycles. The predicted molar refractivity (Wildman–Crippen MR) is 69.6 cm³/mol. The van der Waals surface area contributed by atoms with Crippen molar-refractivity contribution in [2.45, 2.75) is 31.5 Å². The summed E-state index contributed by atoms with van der Waals surface area (Å²) in [6.07, 6.45) is 3.12. The quantitative estimate of drug-likeness (QED) is 0.821. The molecule has 2 fully saturated rings. The zero-order chi connectivity index (χ0) is 12.5. The Hall–Kier alpha value is -1.06. The first kappa shape index (κ1) is 12.0. The van der Waals surface area contributed by atoms with Gasteiger partial charge in [0.2, 0.25) is 5.91 Å². The maximum absolute atomic E-state index is 12.2. The van der Waals surface area contributed by atoms with Gasteiger partial charge in [0.05, 0.1) is 18.6 Å². The van der Waals surface area contributed by atoms with E-state index in [2.05, 4.69) is 0 Å². The number of halogens is 1. The van der Waals surface area contributed by atoms with Gasteiger partial charge < -0.3 is 9.64 Å². The summed E-state index contributed by atoms with van der Waals surface area (Å²) in [7, 11) is 0. The maximum Gasteiger partial charge on any atom is 0.227 e. The Morgan fingerprint density at radius 1 is 1.33 bits per heavy atom. The molecule has 2 atom stereocenters. The minimum Gasteiger partial charge on any atom is -0.371 e. The normalized spacial score (nSPS) is 26.4. The SMILES string of the molecule is O=C(Cc1cccc(Cl)c1)N1CC2CCC(C1)O2. The lowest BCUT2D eigenvalue weighted by Gasteiger charge is -2.32. The van der Waals surface area contributed by atoms with Crippen molar-refractivity contribution in [2.75, 3.05) is 13.1 Å². The molecule has 0 radical (unpaired) electrons. The van der Waals surface area contributed by atoms with E-state index >= 15 is 0 Å². The summed E-state index contributed by atoms with van der Waals surface area (Å²) < 4.78 is 5.73. The van der Waals surface area contributed by atoms with Gasteiger partial charge in [-0.15, -0.1) is 0 Å². The Morgan fingerprint density at radius 3 is 2.72 bits per heavy atom. The number of fused-ring (bicyclic) bond motifs is 2. The second-order valence-corrected chi connectivity index (χ2v) is 5.50. The average molecular weight is 266 g/mol. The molecule has 2 aliphatic rings. The van der Waals surface area contributed by atoms with Crippen LogP contribution in [-0.2, 0) is 16.0 Å². The molecule has 3 nitrogen and oxygen atoms in total. The van der Waals surface area contributed by atoms with Crippen LogP contribution in [0.4, 0.5) is 0 Å². The van der Waals surface area contributed by atoms with E-state index in [4.69, 9.17) is 16.3 Å². The van der Waals surface area contributed by atoms with E-state index < -0.39 is 0 Å². The summed E-state index contributed by atoms with van der Waals surface area (Å²) in [5.74, 6) is 0.178. The molecule has 4 heteroatoms. The molecule has 2 bridgehead atoms. The number of hydrogen-bond donors (Lipinski definition) is 0. The van der Waals surface area contributed by atoms with E-state index in [1.807, 2.05) is 29.2 Å². The lowest BCUT2D eigenvalue weighted by atomic mass is 10.1. The van der Waals surface area contributed by atoms with Gasteiger partial charge >= 0.3 is 0 Å². The number of morpholine rings is 1. The molecule has 0 aromatic heterocycles. The van der Waals surface area contributed by atoms with Gasteiger partial charge in [0.1, 0.15) is 0 Å². The summed E-state index contributed by atoms with van der Waals surface area (Å²) in [5, 5.41) is 0.683. The predicted octanol–water partition coefficient (Wildman–Crippen LogP) is 2.27. The van der Waals surface area contributed by atoms with E-state index in [1.54, 1.807) is 0 Å². The molecule has 2 unspecified atom stereocenters. The average Bonchev–Trinajstić information content (AvgIpc) is 2.68. The minimum absolute atomic E-state index is 0.178. The monoisotopic (exact) mass is 265 g/mol. The molecule has 2 heterocycles. The fourth-order valence-electron chi connectivity index (χ4n) is 2.75. The van der Waals surface area contributed by atoms with Gasteiger partial charge in [-0.05, 0) is 30.5 Å². The van der Waals surface area contributed by atoms with E-state index in [-0.39, 0.29) is 18.1 Å². The van der Waals surface area contributed by atoms with Gasteiger partial charge in [-0.3, -0.25) is 4.79 Å². The highest BCUT2D eigenvalue weighted by Gasteiger charge is 2.35. The summed E-state index contributed by atoms with van der Waals surface area (Å²) in [6.45, 7) is 1.49. The first-order valence-electron chi connectivity index (χ1n) is 6.38. The van der Waals surface area contributed by atoms with Crippen molar-refractivity contribution < 1.29 is 9.53 Å². The zero-order valence-electron chi connectivity index (χ0n) is 10.1. The van der Waals surface area contributed by atoms with E-state index in [9.17, 15) is 4.79 Å². The second kappa shape index (κ2) is 4.90. The fourth-order valence-corrected chi connectivity index (χ4v) is 2.96. The molecule has 1 amide bonds. The molecular weight excluding hydrogens is 250 g/mol. The van der Waals surface area contributed by atoms with Crippen LogP contribution in [0.2, 0.25) is 5.02 Å². The minimum atomic E-state index is 0.178. The van der Waals surface area contributed by atoms with Crippen LogP contribution in [-0.4, -0.2) is 36.1 Å². The highest BCUT2D eigenvalue weighted by atomic mass is 35.5. The first-order chi connectivity index (χ1) is 8.70. The summed E-state index contributed by atoms with van der Waals surface area (Å²) in [4.78, 5) is 14.2. The lowest BCUT2D eigenvalue weighted by Crippen LogP contribution is -2.46. The Labute approximate surface area is 112 Å². The van der Waals surface area contributed by atoms with Gasteiger partial charge in [0.25, 0.3) is 0 Å². The molecule has 0 aliphatic carbocycles. The number of ether oxygens (including phenoxy) is 1. The van der Waals surface area contributed by atoms with Crippen molar-refractivity contribution in [2.24, 2.45) is 0 Å². The standard InChI is InChI=1S/C14H16ClNO2/c15-11-3-1-2-10(6-11)7-14(17)16-8-12-4-5-13(9-16)18-12/h1-3,6,12-13H,4-5,7-9H2. The van der Waals surface area contributed by atoms with Crippen molar-refractivity contribution in [1.29, 1.82) is 0 Å². The third kappa shape index (κ3) is 2.52. The zero-order valence-corrected chi connectivity index (χ0v) is 10.9. The highest BCUT2D eigenvalue weighted by molar-refractivity contribution is 6.30. The third-order valence-corrected chi connectivity index (χ3v) is 3.88. The number of amides is 1. The van der Waals surface area contributed by atoms with Gasteiger partial charge in [-0.1, -0.05) is 23.7 Å². The van der Waals surface area contributed by atoms with E-state index in [0.29, 0.717) is 11.4 Å². The molecule has 1 aromatic rings. The van der Waals surface area contributed by atoms with Crippen LogP contribution in [0.15, 0.2) is 24.3 Å². The Kier molecular flexibility index (Phi) is 3.27. The van der Waals surface area contributed by atoms with E-state index in [1.165, 1.54) is 0 Å². The Morgan fingerprint density at radius 2 is 2.06 bits per heavy atom. The van der Waals surface area contributed by atoms with Crippen molar-refractivity contribution in [1.82, 2.24) is 4.90 Å². The van der Waals surface area contributed by atoms with Crippen molar-refractivity contribution in [3.8, 4) is 0 Å². The van der Waals surface area contributed by atoms with Crippen LogP contribution >= 0.6 is 11.6 Å².